The maximum absolute atomic E-state index is 13.8. The summed E-state index contributed by atoms with van der Waals surface area (Å²) in [4.78, 5) is 48.4. The van der Waals surface area contributed by atoms with Crippen LogP contribution in [0.1, 0.15) is 32.0 Å². The number of pyridine rings is 4. The smallest absolute Gasteiger partial charge is 0.410 e. The lowest BCUT2D eigenvalue weighted by Gasteiger charge is -2.36. The Bertz CT molecular complexity index is 1900. The molecule has 1 saturated heterocycles. The molecule has 10 nitrogen and oxygen atoms in total. The molecule has 1 amide bonds. The summed E-state index contributed by atoms with van der Waals surface area (Å²) < 4.78 is 5.50. The first-order valence-corrected chi connectivity index (χ1v) is 14.7. The molecular weight excluding hydrogens is 554 g/mol. The zero-order chi connectivity index (χ0) is 30.8. The Morgan fingerprint density at radius 3 is 2.41 bits per heavy atom. The van der Waals surface area contributed by atoms with Gasteiger partial charge in [0.05, 0.1) is 17.8 Å². The van der Waals surface area contributed by atoms with Crippen molar-refractivity contribution in [1.29, 1.82) is 0 Å². The molecule has 224 valence electrons. The van der Waals surface area contributed by atoms with Gasteiger partial charge >= 0.3 is 6.09 Å². The first kappa shape index (κ1) is 29.0. The van der Waals surface area contributed by atoms with Crippen LogP contribution in [0, 0.1) is 6.92 Å². The Kier molecular flexibility index (Phi) is 7.82. The first-order chi connectivity index (χ1) is 21.1. The molecule has 1 N–H and O–H groups in total. The minimum atomic E-state index is -0.516. The van der Waals surface area contributed by atoms with Gasteiger partial charge < -0.3 is 19.9 Å². The number of piperazine rings is 1. The van der Waals surface area contributed by atoms with Crippen molar-refractivity contribution in [3.63, 3.8) is 0 Å². The molecular formula is C34H35N7O3. The fraction of sp³-hybridized carbons (Fsp3) is 0.294. The molecule has 0 radical (unpaired) electrons. The highest BCUT2D eigenvalue weighted by Crippen LogP contribution is 2.25. The van der Waals surface area contributed by atoms with Gasteiger partial charge in [0.2, 0.25) is 0 Å². The minimum absolute atomic E-state index is 0.110. The summed E-state index contributed by atoms with van der Waals surface area (Å²) in [5, 5.41) is 5.13. The van der Waals surface area contributed by atoms with Gasteiger partial charge in [0.1, 0.15) is 17.2 Å². The summed E-state index contributed by atoms with van der Waals surface area (Å²) >= 11 is 0. The Balaban J connectivity index is 1.21. The highest BCUT2D eigenvalue weighted by atomic mass is 16.6. The average molecular weight is 590 g/mol. The SMILES string of the molecule is Cc1cccnc1CNc1cc2c(=O)c3cc(-c4ccc(N5CCN(C(=O)OC(C)(C)C)CC5)nc4)cnc3ccc2cn1. The van der Waals surface area contributed by atoms with Crippen LogP contribution in [0.3, 0.4) is 0 Å². The van der Waals surface area contributed by atoms with E-state index in [2.05, 4.69) is 25.2 Å². The third kappa shape index (κ3) is 6.29. The molecule has 5 aromatic rings. The molecule has 1 aromatic carbocycles. The molecule has 0 atom stereocenters. The predicted octanol–water partition coefficient (Wildman–Crippen LogP) is 5.58. The van der Waals surface area contributed by atoms with Gasteiger partial charge in [-0.15, -0.1) is 0 Å². The highest BCUT2D eigenvalue weighted by molar-refractivity contribution is 5.93. The molecule has 5 heterocycles. The third-order valence-electron chi connectivity index (χ3n) is 7.65. The van der Waals surface area contributed by atoms with E-state index < -0.39 is 5.60 Å². The van der Waals surface area contributed by atoms with E-state index in [-0.39, 0.29) is 11.5 Å². The lowest BCUT2D eigenvalue weighted by Crippen LogP contribution is -2.50. The van der Waals surface area contributed by atoms with Crippen LogP contribution in [0.4, 0.5) is 16.4 Å². The second kappa shape index (κ2) is 11.9. The fourth-order valence-corrected chi connectivity index (χ4v) is 5.22. The van der Waals surface area contributed by atoms with E-state index in [0.717, 1.165) is 33.6 Å². The van der Waals surface area contributed by atoms with Gasteiger partial charge in [0.25, 0.3) is 0 Å². The second-order valence-corrected chi connectivity index (χ2v) is 12.0. The Morgan fingerprint density at radius 2 is 1.68 bits per heavy atom. The van der Waals surface area contributed by atoms with Gasteiger partial charge in [-0.05, 0) is 69.7 Å². The third-order valence-corrected chi connectivity index (χ3v) is 7.65. The van der Waals surface area contributed by atoms with Gasteiger partial charge in [-0.1, -0.05) is 12.1 Å². The predicted molar refractivity (Wildman–Crippen MR) is 173 cm³/mol. The maximum Gasteiger partial charge on any atom is 0.410 e. The maximum atomic E-state index is 13.8. The monoisotopic (exact) mass is 589 g/mol. The number of nitrogens with one attached hydrogen (secondary N) is 1. The number of rotatable bonds is 5. The van der Waals surface area contributed by atoms with Crippen molar-refractivity contribution < 1.29 is 9.53 Å². The van der Waals surface area contributed by atoms with Crippen LogP contribution in [-0.2, 0) is 11.3 Å². The van der Waals surface area contributed by atoms with Crippen LogP contribution in [0.25, 0.3) is 32.8 Å². The zero-order valence-electron chi connectivity index (χ0n) is 25.4. The quantitative estimate of drug-likeness (QED) is 0.281. The number of carbonyl (C=O) groups excluding carboxylic acids is 1. The number of ether oxygens (including phenoxy) is 1. The molecule has 1 aliphatic heterocycles. The van der Waals surface area contributed by atoms with Gasteiger partial charge in [-0.3, -0.25) is 14.8 Å². The first-order valence-electron chi connectivity index (χ1n) is 14.7. The molecule has 0 bridgehead atoms. The molecule has 0 saturated carbocycles. The van der Waals surface area contributed by atoms with Crippen molar-refractivity contribution in [3.05, 3.63) is 94.8 Å². The molecule has 1 fully saturated rings. The van der Waals surface area contributed by atoms with E-state index in [9.17, 15) is 9.59 Å². The standard InChI is InChI=1S/C34H35N7O3/c1-22-6-5-11-35-29(22)21-38-30-17-26-24(19-37-30)7-9-28-27(32(26)42)16-25(20-36-28)23-8-10-31(39-18-23)40-12-14-41(15-13-40)33(43)44-34(2,3)4/h5-11,16-20H,12-15,21H2,1-4H3,(H,37,38). The van der Waals surface area contributed by atoms with E-state index in [4.69, 9.17) is 9.72 Å². The number of aryl methyl sites for hydroxylation is 1. The number of hydrogen-bond acceptors (Lipinski definition) is 9. The van der Waals surface area contributed by atoms with E-state index in [1.165, 1.54) is 0 Å². The Labute approximate surface area is 255 Å². The van der Waals surface area contributed by atoms with Crippen LogP contribution >= 0.6 is 0 Å². The normalized spacial score (nSPS) is 13.7. The molecule has 0 aliphatic carbocycles. The summed E-state index contributed by atoms with van der Waals surface area (Å²) in [6, 6.07) is 15.3. The average Bonchev–Trinajstić information content (AvgIpc) is 3.16. The number of hydrogen-bond donors (Lipinski definition) is 1. The largest absolute Gasteiger partial charge is 0.444 e. The van der Waals surface area contributed by atoms with Crippen LogP contribution in [-0.4, -0.2) is 62.7 Å². The minimum Gasteiger partial charge on any atom is -0.444 e. The molecule has 0 unspecified atom stereocenters. The lowest BCUT2D eigenvalue weighted by molar-refractivity contribution is 0.0240. The molecule has 10 heteroatoms. The molecule has 44 heavy (non-hydrogen) atoms. The van der Waals surface area contributed by atoms with Crippen molar-refractivity contribution in [2.24, 2.45) is 0 Å². The summed E-state index contributed by atoms with van der Waals surface area (Å²) in [5.74, 6) is 1.44. The summed E-state index contributed by atoms with van der Waals surface area (Å²) in [5.41, 5.74) is 3.67. The fourth-order valence-electron chi connectivity index (χ4n) is 5.22. The van der Waals surface area contributed by atoms with Crippen molar-refractivity contribution >= 4 is 39.4 Å². The van der Waals surface area contributed by atoms with Gasteiger partial charge in [-0.2, -0.15) is 0 Å². The van der Waals surface area contributed by atoms with Crippen LogP contribution in [0.2, 0.25) is 0 Å². The van der Waals surface area contributed by atoms with Gasteiger partial charge in [0.15, 0.2) is 5.43 Å². The van der Waals surface area contributed by atoms with E-state index in [1.54, 1.807) is 35.8 Å². The van der Waals surface area contributed by atoms with Crippen molar-refractivity contribution in [2.75, 3.05) is 36.4 Å². The van der Waals surface area contributed by atoms with Crippen molar-refractivity contribution in [3.8, 4) is 11.1 Å². The molecule has 6 rings (SSSR count). The summed E-state index contributed by atoms with van der Waals surface area (Å²) in [6.07, 6.45) is 6.76. The van der Waals surface area contributed by atoms with E-state index in [1.807, 2.05) is 70.2 Å². The Morgan fingerprint density at radius 1 is 0.886 bits per heavy atom. The number of nitrogens with zero attached hydrogens (tertiary/aromatic N) is 6. The highest BCUT2D eigenvalue weighted by Gasteiger charge is 2.26. The van der Waals surface area contributed by atoms with E-state index in [0.29, 0.717) is 54.8 Å². The molecule has 0 spiro atoms. The summed E-state index contributed by atoms with van der Waals surface area (Å²) in [7, 11) is 0. The number of aromatic nitrogens is 4. The number of anilines is 2. The van der Waals surface area contributed by atoms with Crippen LogP contribution in [0.15, 0.2) is 78.1 Å². The zero-order valence-corrected chi connectivity index (χ0v) is 25.4. The number of fused-ring (bicyclic) bond motifs is 2. The van der Waals surface area contributed by atoms with Crippen LogP contribution in [0.5, 0.6) is 0 Å². The summed E-state index contributed by atoms with van der Waals surface area (Å²) in [6.45, 7) is 10.6. The lowest BCUT2D eigenvalue weighted by atomic mass is 10.1. The molecule has 1 aliphatic rings. The molecule has 4 aromatic heterocycles. The topological polar surface area (TPSA) is 113 Å². The van der Waals surface area contributed by atoms with E-state index >= 15 is 0 Å². The van der Waals surface area contributed by atoms with Gasteiger partial charge in [0, 0.05) is 78.3 Å². The number of amides is 1. The second-order valence-electron chi connectivity index (χ2n) is 12.0. The van der Waals surface area contributed by atoms with Crippen LogP contribution < -0.4 is 15.6 Å². The van der Waals surface area contributed by atoms with Crippen molar-refractivity contribution in [1.82, 2.24) is 24.8 Å². The Hall–Kier alpha value is -5.12. The van der Waals surface area contributed by atoms with Gasteiger partial charge in [-0.25, -0.2) is 14.8 Å². The van der Waals surface area contributed by atoms with Crippen molar-refractivity contribution in [2.45, 2.75) is 39.8 Å². The number of carbonyl (C=O) groups is 1.